The molecule has 2 N–H and O–H groups in total. The van der Waals surface area contributed by atoms with Crippen molar-refractivity contribution < 1.29 is 14.7 Å². The number of nitrogens with one attached hydrogen (secondary N) is 1. The van der Waals surface area contributed by atoms with Crippen molar-refractivity contribution in [3.05, 3.63) is 0 Å². The molecule has 2 rings (SSSR count). The third kappa shape index (κ3) is 4.45. The van der Waals surface area contributed by atoms with E-state index >= 15 is 0 Å². The van der Waals surface area contributed by atoms with E-state index in [1.807, 2.05) is 0 Å². The molecule has 4 nitrogen and oxygen atoms in total. The lowest BCUT2D eigenvalue weighted by Gasteiger charge is -2.27. The Hall–Kier alpha value is -1.06. The van der Waals surface area contributed by atoms with Crippen LogP contribution in [-0.2, 0) is 9.59 Å². The van der Waals surface area contributed by atoms with Crippen molar-refractivity contribution in [1.82, 2.24) is 5.32 Å². The number of hydrogen-bond acceptors (Lipinski definition) is 2. The summed E-state index contributed by atoms with van der Waals surface area (Å²) in [5.74, 6) is -0.322. The van der Waals surface area contributed by atoms with Crippen LogP contribution in [0.2, 0.25) is 0 Å². The lowest BCUT2D eigenvalue weighted by Crippen LogP contribution is -2.43. The maximum absolute atomic E-state index is 12.5. The van der Waals surface area contributed by atoms with Crippen LogP contribution in [0.5, 0.6) is 0 Å². The van der Waals surface area contributed by atoms with E-state index in [4.69, 9.17) is 0 Å². The summed E-state index contributed by atoms with van der Waals surface area (Å²) in [6.07, 6.45) is 10.7. The van der Waals surface area contributed by atoms with Gasteiger partial charge in [0.25, 0.3) is 0 Å². The second-order valence-electron chi connectivity index (χ2n) is 6.84. The maximum atomic E-state index is 12.5. The highest BCUT2D eigenvalue weighted by atomic mass is 16.4. The summed E-state index contributed by atoms with van der Waals surface area (Å²) >= 11 is 0. The third-order valence-electron chi connectivity index (χ3n) is 5.37. The van der Waals surface area contributed by atoms with Crippen molar-refractivity contribution in [2.45, 2.75) is 77.2 Å². The molecule has 2 fully saturated rings. The van der Waals surface area contributed by atoms with Gasteiger partial charge in [0, 0.05) is 12.0 Å². The molecule has 4 heteroatoms. The Balaban J connectivity index is 1.85. The normalized spacial score (nSPS) is 28.2. The summed E-state index contributed by atoms with van der Waals surface area (Å²) in [7, 11) is 0. The monoisotopic (exact) mass is 295 g/mol. The summed E-state index contributed by atoms with van der Waals surface area (Å²) in [5.41, 5.74) is 0. The number of carboxylic acids is 1. The predicted octanol–water partition coefficient (Wildman–Crippen LogP) is 3.35. The lowest BCUT2D eigenvalue weighted by molar-refractivity contribution is -0.142. The Morgan fingerprint density at radius 2 is 1.81 bits per heavy atom. The molecule has 2 aliphatic rings. The molecule has 120 valence electrons. The van der Waals surface area contributed by atoms with Gasteiger partial charge in [-0.25, -0.2) is 0 Å². The molecule has 0 aliphatic heterocycles. The molecule has 0 aromatic rings. The van der Waals surface area contributed by atoms with Crippen molar-refractivity contribution in [1.29, 1.82) is 0 Å². The largest absolute Gasteiger partial charge is 0.481 e. The lowest BCUT2D eigenvalue weighted by atomic mass is 9.81. The van der Waals surface area contributed by atoms with Gasteiger partial charge in [0.1, 0.15) is 0 Å². The number of carboxylic acid groups (broad SMARTS) is 1. The molecule has 1 unspecified atom stereocenters. The minimum Gasteiger partial charge on any atom is -0.481 e. The van der Waals surface area contributed by atoms with E-state index in [-0.39, 0.29) is 23.8 Å². The first-order chi connectivity index (χ1) is 10.1. The first kappa shape index (κ1) is 16.3. The molecule has 0 bridgehead atoms. The molecule has 0 aromatic heterocycles. The first-order valence-corrected chi connectivity index (χ1v) is 8.65. The summed E-state index contributed by atoms with van der Waals surface area (Å²) < 4.78 is 0. The van der Waals surface area contributed by atoms with Crippen LogP contribution < -0.4 is 5.32 Å². The number of hydrogen-bond donors (Lipinski definition) is 2. The van der Waals surface area contributed by atoms with Gasteiger partial charge in [-0.05, 0) is 31.6 Å². The van der Waals surface area contributed by atoms with Crippen molar-refractivity contribution in [3.63, 3.8) is 0 Å². The minimum atomic E-state index is -0.766. The average Bonchev–Trinajstić information content (AvgIpc) is 2.94. The van der Waals surface area contributed by atoms with E-state index in [0.717, 1.165) is 25.7 Å². The molecule has 21 heavy (non-hydrogen) atoms. The van der Waals surface area contributed by atoms with Crippen LogP contribution in [0, 0.1) is 17.8 Å². The van der Waals surface area contributed by atoms with Crippen molar-refractivity contribution >= 4 is 11.9 Å². The highest BCUT2D eigenvalue weighted by Crippen LogP contribution is 2.31. The van der Waals surface area contributed by atoms with Crippen molar-refractivity contribution in [2.24, 2.45) is 17.8 Å². The summed E-state index contributed by atoms with van der Waals surface area (Å²) in [6, 6.07) is -0.157. The molecule has 0 saturated heterocycles. The Morgan fingerprint density at radius 1 is 1.10 bits per heavy atom. The number of aliphatic carboxylic acids is 1. The molecule has 2 aliphatic carbocycles. The second-order valence-corrected chi connectivity index (χ2v) is 6.84. The van der Waals surface area contributed by atoms with Crippen LogP contribution in [0.1, 0.15) is 71.1 Å². The van der Waals surface area contributed by atoms with Crippen LogP contribution in [0.15, 0.2) is 0 Å². The van der Waals surface area contributed by atoms with Crippen LogP contribution >= 0.6 is 0 Å². The fourth-order valence-electron chi connectivity index (χ4n) is 4.01. The molecule has 0 radical (unpaired) electrons. The molecule has 0 heterocycles. The fourth-order valence-corrected chi connectivity index (χ4v) is 4.01. The zero-order chi connectivity index (χ0) is 15.2. The van der Waals surface area contributed by atoms with Gasteiger partial charge in [-0.15, -0.1) is 0 Å². The molecular formula is C17H29NO3. The maximum Gasteiger partial charge on any atom is 0.308 e. The van der Waals surface area contributed by atoms with Gasteiger partial charge in [0.15, 0.2) is 0 Å². The SMILES string of the molecule is CCC(CC1CCCCC1)C(=O)N[C@@H]1CCC[C@@H]1C(=O)O. The van der Waals surface area contributed by atoms with Crippen LogP contribution in [0.3, 0.4) is 0 Å². The third-order valence-corrected chi connectivity index (χ3v) is 5.37. The minimum absolute atomic E-state index is 0.0585. The quantitative estimate of drug-likeness (QED) is 0.789. The van der Waals surface area contributed by atoms with Gasteiger partial charge in [-0.1, -0.05) is 45.4 Å². The summed E-state index contributed by atoms with van der Waals surface area (Å²) in [4.78, 5) is 23.7. The summed E-state index contributed by atoms with van der Waals surface area (Å²) in [5, 5.41) is 12.2. The van der Waals surface area contributed by atoms with Gasteiger partial charge in [0.2, 0.25) is 5.91 Å². The molecule has 3 atom stereocenters. The van der Waals surface area contributed by atoms with Crippen molar-refractivity contribution in [3.8, 4) is 0 Å². The van der Waals surface area contributed by atoms with Gasteiger partial charge < -0.3 is 10.4 Å². The Labute approximate surface area is 127 Å². The van der Waals surface area contributed by atoms with Gasteiger partial charge >= 0.3 is 5.97 Å². The summed E-state index contributed by atoms with van der Waals surface area (Å²) in [6.45, 7) is 2.07. The highest BCUT2D eigenvalue weighted by molar-refractivity contribution is 5.80. The number of amides is 1. The molecule has 0 aromatic carbocycles. The second kappa shape index (κ2) is 7.81. The standard InChI is InChI=1S/C17H29NO3/c1-2-13(11-12-7-4-3-5-8-12)16(19)18-15-10-6-9-14(15)17(20)21/h12-15H,2-11H2,1H3,(H,18,19)(H,20,21)/t13?,14-,15+/m0/s1. The van der Waals surface area contributed by atoms with Crippen LogP contribution in [-0.4, -0.2) is 23.0 Å². The molecule has 2 saturated carbocycles. The van der Waals surface area contributed by atoms with Crippen LogP contribution in [0.4, 0.5) is 0 Å². The topological polar surface area (TPSA) is 66.4 Å². The van der Waals surface area contributed by atoms with E-state index in [9.17, 15) is 14.7 Å². The van der Waals surface area contributed by atoms with E-state index in [2.05, 4.69) is 12.2 Å². The number of rotatable bonds is 6. The number of carbonyl (C=O) groups is 2. The molecule has 1 amide bonds. The smallest absolute Gasteiger partial charge is 0.308 e. The fraction of sp³-hybridized carbons (Fsp3) is 0.882. The number of carbonyl (C=O) groups excluding carboxylic acids is 1. The van der Waals surface area contributed by atoms with E-state index in [1.54, 1.807) is 0 Å². The average molecular weight is 295 g/mol. The molecule has 0 spiro atoms. The van der Waals surface area contributed by atoms with Gasteiger partial charge in [0.05, 0.1) is 5.92 Å². The van der Waals surface area contributed by atoms with E-state index in [1.165, 1.54) is 32.1 Å². The first-order valence-electron chi connectivity index (χ1n) is 8.65. The Bertz CT molecular complexity index is 363. The van der Waals surface area contributed by atoms with Gasteiger partial charge in [-0.3, -0.25) is 9.59 Å². The van der Waals surface area contributed by atoms with Crippen LogP contribution in [0.25, 0.3) is 0 Å². The van der Waals surface area contributed by atoms with E-state index < -0.39 is 5.97 Å². The highest BCUT2D eigenvalue weighted by Gasteiger charge is 2.35. The van der Waals surface area contributed by atoms with Gasteiger partial charge in [-0.2, -0.15) is 0 Å². The Kier molecular flexibility index (Phi) is 6.07. The predicted molar refractivity (Wildman–Crippen MR) is 81.9 cm³/mol. The molecular weight excluding hydrogens is 266 g/mol. The zero-order valence-corrected chi connectivity index (χ0v) is 13.1. The van der Waals surface area contributed by atoms with E-state index in [0.29, 0.717) is 12.3 Å². The zero-order valence-electron chi connectivity index (χ0n) is 13.1. The van der Waals surface area contributed by atoms with Crippen molar-refractivity contribution in [2.75, 3.05) is 0 Å². The Morgan fingerprint density at radius 3 is 2.43 bits per heavy atom.